The Morgan fingerprint density at radius 1 is 0.519 bits per heavy atom. The predicted octanol–water partition coefficient (Wildman–Crippen LogP) is 13.6. The van der Waals surface area contributed by atoms with Gasteiger partial charge in [-0.15, -0.1) is 0 Å². The SMILES string of the molecule is Cc1cc(C)c(OP2Oc3ccccc3C(=O)N2c2ccccc2)c(-c2cc(C)cc(C)c2Op2oc3c(C)cc(C)cc3c3cc(C)cc(C)c3o2)c1. The molecule has 0 fully saturated rings. The lowest BCUT2D eigenvalue weighted by molar-refractivity contribution is 0.0995. The van der Waals surface area contributed by atoms with Crippen molar-refractivity contribution in [3.8, 4) is 28.4 Å². The second-order valence-corrected chi connectivity index (χ2v) is 16.4. The fourth-order valence-corrected chi connectivity index (χ4v) is 10.1. The molecule has 6 aromatic carbocycles. The minimum Gasteiger partial charge on any atom is -0.422 e. The Labute approximate surface area is 317 Å². The van der Waals surface area contributed by atoms with E-state index in [0.717, 1.165) is 77.6 Å². The number of nitrogens with zero attached hydrogens (tertiary/aromatic N) is 1. The Morgan fingerprint density at radius 3 is 1.57 bits per heavy atom. The molecule has 1 amide bonds. The van der Waals surface area contributed by atoms with Gasteiger partial charge in [-0.1, -0.05) is 54.6 Å². The van der Waals surface area contributed by atoms with Crippen molar-refractivity contribution >= 4 is 50.3 Å². The number of carbonyl (C=O) groups is 1. The van der Waals surface area contributed by atoms with Crippen molar-refractivity contribution in [3.05, 3.63) is 153 Å². The summed E-state index contributed by atoms with van der Waals surface area (Å²) >= 11 is 0. The standard InChI is InChI=1S/C45H41NO6P2/c1-26-18-30(5)41(49-53-46(34-14-10-9-11-15-34)45(47)35-16-12-13-17-40(35)48-53)36(22-26)37-23-27(2)19-31(6)42(37)50-54-51-43-32(7)20-28(3)24-38(43)39-25-29(4)21-33(8)44(39)52-54/h9-25H,1-8H3. The highest BCUT2D eigenvalue weighted by molar-refractivity contribution is 7.51. The van der Waals surface area contributed by atoms with E-state index in [1.807, 2.05) is 62.4 Å². The molecule has 0 radical (unpaired) electrons. The minimum atomic E-state index is -1.96. The average Bonchev–Trinajstić information content (AvgIpc) is 3.28. The van der Waals surface area contributed by atoms with Crippen LogP contribution < -0.4 is 18.2 Å². The van der Waals surface area contributed by atoms with Crippen LogP contribution in [0, 0.1) is 55.4 Å². The van der Waals surface area contributed by atoms with Crippen molar-refractivity contribution in [1.82, 2.24) is 0 Å². The molecule has 1 aromatic heterocycles. The van der Waals surface area contributed by atoms with E-state index in [0.29, 0.717) is 28.5 Å². The van der Waals surface area contributed by atoms with Gasteiger partial charge in [-0.25, -0.2) is 4.67 Å². The van der Waals surface area contributed by atoms with E-state index < -0.39 is 16.8 Å². The molecule has 0 spiro atoms. The van der Waals surface area contributed by atoms with E-state index in [1.165, 1.54) is 0 Å². The highest BCUT2D eigenvalue weighted by atomic mass is 31.2. The summed E-state index contributed by atoms with van der Waals surface area (Å²) in [4.78, 5) is 14.1. The molecule has 0 N–H and O–H groups in total. The summed E-state index contributed by atoms with van der Waals surface area (Å²) in [7, 11) is -3.92. The highest BCUT2D eigenvalue weighted by Crippen LogP contribution is 2.55. The van der Waals surface area contributed by atoms with Gasteiger partial charge in [-0.3, -0.25) is 4.79 Å². The van der Waals surface area contributed by atoms with Crippen LogP contribution in [-0.4, -0.2) is 5.91 Å². The summed E-state index contributed by atoms with van der Waals surface area (Å²) < 4.78 is 35.5. The third-order valence-corrected chi connectivity index (χ3v) is 12.0. The smallest absolute Gasteiger partial charge is 0.422 e. The second kappa shape index (κ2) is 14.1. The molecule has 0 saturated heterocycles. The summed E-state index contributed by atoms with van der Waals surface area (Å²) in [6.45, 7) is 16.5. The van der Waals surface area contributed by atoms with Gasteiger partial charge in [0.2, 0.25) is 0 Å². The third kappa shape index (κ3) is 6.53. The average molecular weight is 754 g/mol. The molecule has 2 heterocycles. The first kappa shape index (κ1) is 35.5. The third-order valence-electron chi connectivity index (χ3n) is 9.57. The number of fused-ring (bicyclic) bond motifs is 4. The van der Waals surface area contributed by atoms with Crippen LogP contribution in [0.5, 0.6) is 17.2 Å². The van der Waals surface area contributed by atoms with Crippen LogP contribution >= 0.6 is 16.8 Å². The lowest BCUT2D eigenvalue weighted by Gasteiger charge is -2.34. The Kier molecular flexibility index (Phi) is 9.26. The Balaban J connectivity index is 1.30. The normalized spacial score (nSPS) is 13.9. The first-order valence-electron chi connectivity index (χ1n) is 17.9. The summed E-state index contributed by atoms with van der Waals surface area (Å²) in [6.07, 6.45) is 0. The second-order valence-electron chi connectivity index (χ2n) is 14.2. The number of aryl methyl sites for hydroxylation is 8. The summed E-state index contributed by atoms with van der Waals surface area (Å²) in [5, 5.41) is 1.98. The van der Waals surface area contributed by atoms with Gasteiger partial charge in [-0.05, 0) is 148 Å². The van der Waals surface area contributed by atoms with Crippen molar-refractivity contribution in [2.24, 2.45) is 0 Å². The molecule has 1 aliphatic heterocycles. The first-order chi connectivity index (χ1) is 25.9. The number of carbonyl (C=O) groups excluding carboxylic acids is 1. The fraction of sp³-hybridized carbons (Fsp3) is 0.178. The zero-order valence-corrected chi connectivity index (χ0v) is 33.4. The first-order valence-corrected chi connectivity index (χ1v) is 20.1. The Hall–Kier alpha value is -5.48. The quantitative estimate of drug-likeness (QED) is 0.157. The summed E-state index contributed by atoms with van der Waals surface area (Å²) in [5.41, 5.74) is 12.5. The van der Waals surface area contributed by atoms with Crippen LogP contribution in [0.3, 0.4) is 0 Å². The van der Waals surface area contributed by atoms with Crippen LogP contribution in [0.4, 0.5) is 5.69 Å². The van der Waals surface area contributed by atoms with Crippen LogP contribution in [0.25, 0.3) is 33.1 Å². The predicted molar refractivity (Wildman–Crippen MR) is 220 cm³/mol. The molecule has 1 unspecified atom stereocenters. The molecular weight excluding hydrogens is 712 g/mol. The number of rotatable bonds is 6. The molecule has 272 valence electrons. The summed E-state index contributed by atoms with van der Waals surface area (Å²) in [6, 6.07) is 33.7. The molecule has 1 aliphatic rings. The zero-order chi connectivity index (χ0) is 37.8. The lowest BCUT2D eigenvalue weighted by atomic mass is 9.95. The topological polar surface area (TPSA) is 74.3 Å². The van der Waals surface area contributed by atoms with E-state index in [-0.39, 0.29) is 5.91 Å². The lowest BCUT2D eigenvalue weighted by Crippen LogP contribution is -2.33. The highest BCUT2D eigenvalue weighted by Gasteiger charge is 2.40. The molecule has 9 heteroatoms. The maximum atomic E-state index is 14.1. The molecule has 7 nitrogen and oxygen atoms in total. The van der Waals surface area contributed by atoms with Gasteiger partial charge in [0, 0.05) is 21.9 Å². The van der Waals surface area contributed by atoms with Crippen LogP contribution in [0.1, 0.15) is 54.9 Å². The fourth-order valence-electron chi connectivity index (χ4n) is 7.34. The maximum absolute atomic E-state index is 14.1. The molecule has 0 bridgehead atoms. The van der Waals surface area contributed by atoms with Gasteiger partial charge in [0.1, 0.15) is 28.4 Å². The molecule has 8 rings (SSSR count). The molecule has 0 aliphatic carbocycles. The van der Waals surface area contributed by atoms with Crippen molar-refractivity contribution in [2.75, 3.05) is 4.67 Å². The number of benzene rings is 6. The van der Waals surface area contributed by atoms with Crippen LogP contribution in [-0.2, 0) is 0 Å². The number of para-hydroxylation sites is 2. The van der Waals surface area contributed by atoms with Crippen LogP contribution in [0.15, 0.2) is 112 Å². The monoisotopic (exact) mass is 753 g/mol. The molecule has 54 heavy (non-hydrogen) atoms. The van der Waals surface area contributed by atoms with Gasteiger partial charge >= 0.3 is 16.8 Å². The molecule has 1 atom stereocenters. The molecular formula is C45H41NO6P2. The van der Waals surface area contributed by atoms with Crippen LogP contribution in [0.2, 0.25) is 0 Å². The largest absolute Gasteiger partial charge is 0.453 e. The Bertz CT molecular complexity index is 2600. The van der Waals surface area contributed by atoms with E-state index in [9.17, 15) is 4.79 Å². The van der Waals surface area contributed by atoms with E-state index in [4.69, 9.17) is 22.0 Å². The minimum absolute atomic E-state index is 0.183. The van der Waals surface area contributed by atoms with Gasteiger partial charge in [0.25, 0.3) is 5.91 Å². The Morgan fingerprint density at radius 2 is 1.00 bits per heavy atom. The van der Waals surface area contributed by atoms with Crippen molar-refractivity contribution in [2.45, 2.75) is 55.4 Å². The van der Waals surface area contributed by atoms with Gasteiger partial charge in [0.15, 0.2) is 0 Å². The van der Waals surface area contributed by atoms with Crippen molar-refractivity contribution in [3.63, 3.8) is 0 Å². The maximum Gasteiger partial charge on any atom is 0.453 e. The van der Waals surface area contributed by atoms with Crippen molar-refractivity contribution < 1.29 is 26.8 Å². The number of anilines is 1. The molecule has 0 saturated carbocycles. The zero-order valence-electron chi connectivity index (χ0n) is 31.6. The van der Waals surface area contributed by atoms with Gasteiger partial charge in [-0.2, -0.15) is 0 Å². The number of hydrogen-bond donors (Lipinski definition) is 0. The van der Waals surface area contributed by atoms with Gasteiger partial charge in [0.05, 0.1) is 11.3 Å². The van der Waals surface area contributed by atoms with E-state index in [2.05, 4.69) is 90.1 Å². The molecule has 7 aromatic rings. The number of hydrogen-bond acceptors (Lipinski definition) is 6. The van der Waals surface area contributed by atoms with E-state index in [1.54, 1.807) is 10.7 Å². The van der Waals surface area contributed by atoms with E-state index >= 15 is 0 Å². The van der Waals surface area contributed by atoms with Gasteiger partial charge < -0.3 is 22.0 Å². The summed E-state index contributed by atoms with van der Waals surface area (Å²) in [5.74, 6) is 1.53. The van der Waals surface area contributed by atoms with Crippen molar-refractivity contribution in [1.29, 1.82) is 0 Å². The number of amides is 1.